The van der Waals surface area contributed by atoms with Crippen LogP contribution in [0.15, 0.2) is 17.5 Å². The Morgan fingerprint density at radius 2 is 2.31 bits per heavy atom. The summed E-state index contributed by atoms with van der Waals surface area (Å²) in [6.45, 7) is 8.24. The average molecular weight is 195 g/mol. The van der Waals surface area contributed by atoms with E-state index in [1.165, 1.54) is 17.8 Å². The van der Waals surface area contributed by atoms with Gasteiger partial charge < -0.3 is 0 Å². The molecule has 2 rings (SSSR count). The van der Waals surface area contributed by atoms with Crippen LogP contribution in [0.5, 0.6) is 0 Å². The second-order valence-electron chi connectivity index (χ2n) is 4.45. The second-order valence-corrected chi connectivity index (χ2v) is 5.43. The van der Waals surface area contributed by atoms with Crippen molar-refractivity contribution in [1.82, 2.24) is 4.90 Å². The molecule has 0 amide bonds. The predicted molar refractivity (Wildman–Crippen MR) is 58.1 cm³/mol. The molecule has 0 N–H and O–H groups in total. The van der Waals surface area contributed by atoms with Crippen LogP contribution < -0.4 is 0 Å². The van der Waals surface area contributed by atoms with Gasteiger partial charge in [-0.2, -0.15) is 0 Å². The largest absolute Gasteiger partial charge is 0.291 e. The highest BCUT2D eigenvalue weighted by Crippen LogP contribution is 2.38. The van der Waals surface area contributed by atoms with E-state index in [-0.39, 0.29) is 0 Å². The number of thiophene rings is 1. The minimum Gasteiger partial charge on any atom is -0.291 e. The summed E-state index contributed by atoms with van der Waals surface area (Å²) in [6, 6.07) is 4.98. The van der Waals surface area contributed by atoms with Crippen molar-refractivity contribution in [1.29, 1.82) is 0 Å². The maximum atomic E-state index is 2.58. The summed E-state index contributed by atoms with van der Waals surface area (Å²) in [4.78, 5) is 4.08. The summed E-state index contributed by atoms with van der Waals surface area (Å²) in [5.41, 5.74) is 0.420. The molecule has 1 aromatic heterocycles. The van der Waals surface area contributed by atoms with Crippen LogP contribution in [0.3, 0.4) is 0 Å². The normalized spacial score (nSPS) is 23.9. The molecule has 2 heteroatoms. The lowest BCUT2D eigenvalue weighted by Gasteiger charge is -2.51. The highest BCUT2D eigenvalue weighted by Gasteiger charge is 2.39. The van der Waals surface area contributed by atoms with Crippen molar-refractivity contribution in [2.75, 3.05) is 6.54 Å². The molecule has 13 heavy (non-hydrogen) atoms. The van der Waals surface area contributed by atoms with E-state index in [0.29, 0.717) is 11.6 Å². The lowest BCUT2D eigenvalue weighted by Crippen LogP contribution is -2.56. The van der Waals surface area contributed by atoms with E-state index >= 15 is 0 Å². The number of likely N-dealkylation sites (tertiary alicyclic amines) is 1. The molecule has 0 bridgehead atoms. The first-order chi connectivity index (χ1) is 6.11. The van der Waals surface area contributed by atoms with Crippen molar-refractivity contribution in [2.24, 2.45) is 0 Å². The molecule has 72 valence electrons. The molecule has 0 saturated carbocycles. The van der Waals surface area contributed by atoms with Crippen molar-refractivity contribution < 1.29 is 0 Å². The smallest absolute Gasteiger partial charge is 0.0418 e. The highest BCUT2D eigenvalue weighted by atomic mass is 32.1. The molecule has 0 aromatic carbocycles. The van der Waals surface area contributed by atoms with Gasteiger partial charge in [-0.05, 0) is 38.6 Å². The van der Waals surface area contributed by atoms with Crippen LogP contribution in [0.2, 0.25) is 0 Å². The summed E-state index contributed by atoms with van der Waals surface area (Å²) in [7, 11) is 0. The molecule has 0 aliphatic carbocycles. The molecule has 1 saturated heterocycles. The molecule has 0 spiro atoms. The topological polar surface area (TPSA) is 3.24 Å². The van der Waals surface area contributed by atoms with Gasteiger partial charge in [-0.15, -0.1) is 11.3 Å². The highest BCUT2D eigenvalue weighted by molar-refractivity contribution is 7.10. The fourth-order valence-corrected chi connectivity index (χ4v) is 2.88. The third-order valence-electron chi connectivity index (χ3n) is 3.16. The van der Waals surface area contributed by atoms with Crippen LogP contribution in [-0.2, 0) is 0 Å². The fraction of sp³-hybridized carbons (Fsp3) is 0.636. The van der Waals surface area contributed by atoms with E-state index in [2.05, 4.69) is 43.2 Å². The maximum Gasteiger partial charge on any atom is 0.0418 e. The number of rotatable bonds is 2. The van der Waals surface area contributed by atoms with Crippen molar-refractivity contribution in [3.63, 3.8) is 0 Å². The van der Waals surface area contributed by atoms with Gasteiger partial charge >= 0.3 is 0 Å². The first-order valence-corrected chi connectivity index (χ1v) is 5.79. The lowest BCUT2D eigenvalue weighted by molar-refractivity contribution is -0.0183. The van der Waals surface area contributed by atoms with Gasteiger partial charge in [-0.1, -0.05) is 6.07 Å². The van der Waals surface area contributed by atoms with Crippen molar-refractivity contribution in [2.45, 2.75) is 38.8 Å². The Labute approximate surface area is 84.4 Å². The van der Waals surface area contributed by atoms with Crippen LogP contribution in [0.4, 0.5) is 0 Å². The first kappa shape index (κ1) is 9.22. The quantitative estimate of drug-likeness (QED) is 0.700. The molecule has 1 aromatic rings. The second kappa shape index (κ2) is 3.10. The van der Waals surface area contributed by atoms with Gasteiger partial charge in [0.05, 0.1) is 0 Å². The zero-order valence-electron chi connectivity index (χ0n) is 8.58. The molecule has 1 aliphatic heterocycles. The van der Waals surface area contributed by atoms with E-state index in [4.69, 9.17) is 0 Å². The van der Waals surface area contributed by atoms with Crippen molar-refractivity contribution in [3.8, 4) is 0 Å². The number of nitrogens with zero attached hydrogens (tertiary/aromatic N) is 1. The summed E-state index contributed by atoms with van der Waals surface area (Å²) in [5.74, 6) is 0. The van der Waals surface area contributed by atoms with Gasteiger partial charge in [0.25, 0.3) is 0 Å². The van der Waals surface area contributed by atoms with Crippen LogP contribution >= 0.6 is 11.3 Å². The van der Waals surface area contributed by atoms with Gasteiger partial charge in [-0.25, -0.2) is 0 Å². The summed E-state index contributed by atoms with van der Waals surface area (Å²) in [5, 5.41) is 2.17. The minimum atomic E-state index is 0.420. The molecule has 1 atom stereocenters. The van der Waals surface area contributed by atoms with Crippen LogP contribution in [-0.4, -0.2) is 17.0 Å². The number of hydrogen-bond donors (Lipinski definition) is 0. The minimum absolute atomic E-state index is 0.420. The van der Waals surface area contributed by atoms with Gasteiger partial charge in [0, 0.05) is 23.0 Å². The molecule has 1 unspecified atom stereocenters. The van der Waals surface area contributed by atoms with E-state index < -0.39 is 0 Å². The van der Waals surface area contributed by atoms with Crippen LogP contribution in [0, 0.1) is 0 Å². The van der Waals surface area contributed by atoms with Gasteiger partial charge in [0.1, 0.15) is 0 Å². The zero-order valence-corrected chi connectivity index (χ0v) is 9.40. The third kappa shape index (κ3) is 1.53. The Balaban J connectivity index is 2.10. The molecule has 1 aliphatic rings. The van der Waals surface area contributed by atoms with Crippen molar-refractivity contribution in [3.05, 3.63) is 22.4 Å². The molecule has 1 fully saturated rings. The molecule has 0 radical (unpaired) electrons. The molecular formula is C11H17NS. The standard InChI is InChI=1S/C11H17NS/c1-9(10-5-4-8-13-10)12-7-6-11(12,2)3/h4-5,8-9H,6-7H2,1-3H3. The van der Waals surface area contributed by atoms with Crippen molar-refractivity contribution >= 4 is 11.3 Å². The molecule has 2 heterocycles. The Hall–Kier alpha value is -0.340. The van der Waals surface area contributed by atoms with Gasteiger partial charge in [-0.3, -0.25) is 4.90 Å². The Kier molecular flexibility index (Phi) is 2.20. The SMILES string of the molecule is CC(c1cccs1)N1CCC1(C)C. The molecule has 1 nitrogen and oxygen atoms in total. The van der Waals surface area contributed by atoms with Gasteiger partial charge in [0.15, 0.2) is 0 Å². The van der Waals surface area contributed by atoms with E-state index in [1.807, 2.05) is 11.3 Å². The summed E-state index contributed by atoms with van der Waals surface area (Å²) < 4.78 is 0. The average Bonchev–Trinajstić information content (AvgIpc) is 2.54. The van der Waals surface area contributed by atoms with E-state index in [9.17, 15) is 0 Å². The zero-order chi connectivity index (χ0) is 9.47. The monoisotopic (exact) mass is 195 g/mol. The first-order valence-electron chi connectivity index (χ1n) is 4.91. The summed E-state index contributed by atoms with van der Waals surface area (Å²) >= 11 is 1.87. The Bertz CT molecular complexity index is 276. The van der Waals surface area contributed by atoms with Gasteiger partial charge in [0.2, 0.25) is 0 Å². The Morgan fingerprint density at radius 1 is 1.54 bits per heavy atom. The van der Waals surface area contributed by atoms with Crippen LogP contribution in [0.25, 0.3) is 0 Å². The third-order valence-corrected chi connectivity index (χ3v) is 4.21. The van der Waals surface area contributed by atoms with E-state index in [0.717, 1.165) is 0 Å². The predicted octanol–water partition coefficient (Wildman–Crippen LogP) is 3.29. The van der Waals surface area contributed by atoms with E-state index in [1.54, 1.807) is 0 Å². The fourth-order valence-electron chi connectivity index (χ4n) is 2.09. The maximum absolute atomic E-state index is 2.58. The lowest BCUT2D eigenvalue weighted by atomic mass is 9.87. The molecular weight excluding hydrogens is 178 g/mol. The van der Waals surface area contributed by atoms with Crippen LogP contribution in [0.1, 0.15) is 38.1 Å². The summed E-state index contributed by atoms with van der Waals surface area (Å²) in [6.07, 6.45) is 1.34. The number of hydrogen-bond acceptors (Lipinski definition) is 2. The Morgan fingerprint density at radius 3 is 2.69 bits per heavy atom.